The third kappa shape index (κ3) is 4.13. The summed E-state index contributed by atoms with van der Waals surface area (Å²) in [6.07, 6.45) is 1.64. The van der Waals surface area contributed by atoms with E-state index in [1.54, 1.807) is 0 Å². The molecule has 6 nitrogen and oxygen atoms in total. The van der Waals surface area contributed by atoms with Gasteiger partial charge in [-0.15, -0.1) is 11.3 Å². The summed E-state index contributed by atoms with van der Waals surface area (Å²) in [4.78, 5) is 19.7. The number of rotatable bonds is 5. The summed E-state index contributed by atoms with van der Waals surface area (Å²) < 4.78 is 12.7. The molecule has 3 heterocycles. The minimum atomic E-state index is -0.593. The molecule has 1 unspecified atom stereocenters. The molecule has 5 rings (SSSR count). The molecule has 2 aliphatic rings. The minimum Gasteiger partial charge on any atom is -0.485 e. The minimum absolute atomic E-state index is 0.117. The lowest BCUT2D eigenvalue weighted by Crippen LogP contribution is -2.46. The zero-order chi connectivity index (χ0) is 20.3. The molecule has 1 N–H and O–H groups in total. The van der Waals surface area contributed by atoms with Crippen molar-refractivity contribution in [1.82, 2.24) is 15.2 Å². The Bertz CT molecular complexity index is 996. The van der Waals surface area contributed by atoms with Crippen LogP contribution in [-0.2, 0) is 4.79 Å². The van der Waals surface area contributed by atoms with Gasteiger partial charge in [-0.2, -0.15) is 0 Å². The van der Waals surface area contributed by atoms with Gasteiger partial charge < -0.3 is 19.7 Å². The Hall–Kier alpha value is -2.64. The van der Waals surface area contributed by atoms with Gasteiger partial charge in [-0.05, 0) is 50.2 Å². The molecule has 0 saturated carbocycles. The molecule has 1 fully saturated rings. The molecule has 1 amide bonds. The van der Waals surface area contributed by atoms with Gasteiger partial charge in [0, 0.05) is 19.0 Å². The number of thiazole rings is 1. The average molecular weight is 424 g/mol. The first-order valence-electron chi connectivity index (χ1n) is 10.5. The van der Waals surface area contributed by atoms with Crippen molar-refractivity contribution >= 4 is 27.5 Å². The van der Waals surface area contributed by atoms with Crippen LogP contribution in [0, 0.1) is 0 Å². The maximum Gasteiger partial charge on any atom is 0.264 e. The number of carbonyl (C=O) groups excluding carboxylic acids is 1. The quantitative estimate of drug-likeness (QED) is 0.681. The first-order chi connectivity index (χ1) is 14.8. The van der Waals surface area contributed by atoms with E-state index in [-0.39, 0.29) is 12.5 Å². The number of benzene rings is 2. The van der Waals surface area contributed by atoms with Crippen LogP contribution in [0.25, 0.3) is 10.2 Å². The summed E-state index contributed by atoms with van der Waals surface area (Å²) in [5.74, 6) is 1.74. The van der Waals surface area contributed by atoms with Crippen molar-refractivity contribution in [2.24, 2.45) is 0 Å². The molecule has 2 aliphatic heterocycles. The molecular formula is C23H25N3O3S. The number of nitrogens with zero attached hydrogens (tertiary/aromatic N) is 2. The van der Waals surface area contributed by atoms with Gasteiger partial charge in [0.1, 0.15) is 6.61 Å². The van der Waals surface area contributed by atoms with E-state index in [0.29, 0.717) is 24.0 Å². The molecule has 0 spiro atoms. The SMILES string of the molecule is O=C(NCCN1CCC(c2nc3ccccc3s2)CC1)C1COc2ccccc2O1. The molecule has 7 heteroatoms. The summed E-state index contributed by atoms with van der Waals surface area (Å²) in [6, 6.07) is 15.8. The average Bonchev–Trinajstić information content (AvgIpc) is 3.23. The first-order valence-corrected chi connectivity index (χ1v) is 11.3. The van der Waals surface area contributed by atoms with E-state index in [1.807, 2.05) is 41.7 Å². The van der Waals surface area contributed by atoms with Crippen LogP contribution in [0.5, 0.6) is 11.5 Å². The lowest BCUT2D eigenvalue weighted by atomic mass is 9.97. The van der Waals surface area contributed by atoms with Crippen LogP contribution in [0.2, 0.25) is 0 Å². The number of ether oxygens (including phenoxy) is 2. The maximum absolute atomic E-state index is 12.4. The third-order valence-electron chi connectivity index (χ3n) is 5.78. The smallest absolute Gasteiger partial charge is 0.264 e. The third-order valence-corrected chi connectivity index (χ3v) is 6.97. The second kappa shape index (κ2) is 8.62. The van der Waals surface area contributed by atoms with Gasteiger partial charge in [0.25, 0.3) is 5.91 Å². The highest BCUT2D eigenvalue weighted by atomic mass is 32.1. The van der Waals surface area contributed by atoms with Crippen molar-refractivity contribution in [2.75, 3.05) is 32.8 Å². The number of amides is 1. The zero-order valence-electron chi connectivity index (χ0n) is 16.8. The maximum atomic E-state index is 12.4. The number of hydrogen-bond acceptors (Lipinski definition) is 6. The van der Waals surface area contributed by atoms with Gasteiger partial charge >= 0.3 is 0 Å². The number of aromatic nitrogens is 1. The van der Waals surface area contributed by atoms with E-state index < -0.39 is 6.10 Å². The highest BCUT2D eigenvalue weighted by Gasteiger charge is 2.27. The fourth-order valence-electron chi connectivity index (χ4n) is 4.07. The van der Waals surface area contributed by atoms with Crippen molar-refractivity contribution in [3.8, 4) is 11.5 Å². The van der Waals surface area contributed by atoms with Crippen LogP contribution < -0.4 is 14.8 Å². The molecule has 0 aliphatic carbocycles. The number of likely N-dealkylation sites (tertiary alicyclic amines) is 1. The van der Waals surface area contributed by atoms with Crippen LogP contribution in [-0.4, -0.2) is 54.7 Å². The predicted molar refractivity (Wildman–Crippen MR) is 117 cm³/mol. The lowest BCUT2D eigenvalue weighted by Gasteiger charge is -2.31. The van der Waals surface area contributed by atoms with Crippen LogP contribution in [0.4, 0.5) is 0 Å². The van der Waals surface area contributed by atoms with E-state index in [9.17, 15) is 4.79 Å². The summed E-state index contributed by atoms with van der Waals surface area (Å²) >= 11 is 1.83. The fourth-order valence-corrected chi connectivity index (χ4v) is 5.20. The van der Waals surface area contributed by atoms with Crippen LogP contribution in [0.1, 0.15) is 23.8 Å². The number of carbonyl (C=O) groups is 1. The molecule has 0 radical (unpaired) electrons. The highest BCUT2D eigenvalue weighted by molar-refractivity contribution is 7.18. The van der Waals surface area contributed by atoms with E-state index >= 15 is 0 Å². The molecule has 0 bridgehead atoms. The molecule has 1 atom stereocenters. The van der Waals surface area contributed by atoms with Crippen molar-refractivity contribution in [3.05, 3.63) is 53.5 Å². The van der Waals surface area contributed by atoms with Gasteiger partial charge in [0.05, 0.1) is 15.2 Å². The van der Waals surface area contributed by atoms with Crippen molar-refractivity contribution in [2.45, 2.75) is 24.9 Å². The summed E-state index contributed by atoms with van der Waals surface area (Å²) in [5.41, 5.74) is 1.11. The standard InChI is InChI=1S/C23H25N3O3S/c27-22(20-15-28-18-6-2-3-7-19(18)29-20)24-11-14-26-12-9-16(10-13-26)23-25-17-5-1-4-8-21(17)30-23/h1-8,16,20H,9-15H2,(H,24,27). The molecule has 1 aromatic heterocycles. The second-order valence-corrected chi connectivity index (χ2v) is 8.85. The molecular weight excluding hydrogens is 398 g/mol. The van der Waals surface area contributed by atoms with Crippen molar-refractivity contribution in [1.29, 1.82) is 0 Å². The Labute approximate surface area is 179 Å². The van der Waals surface area contributed by atoms with Crippen LogP contribution in [0.3, 0.4) is 0 Å². The number of piperidine rings is 1. The monoisotopic (exact) mass is 423 g/mol. The van der Waals surface area contributed by atoms with E-state index in [1.165, 1.54) is 9.71 Å². The van der Waals surface area contributed by atoms with Crippen molar-refractivity contribution in [3.63, 3.8) is 0 Å². The Morgan fingerprint density at radius 2 is 1.87 bits per heavy atom. The molecule has 156 valence electrons. The summed E-state index contributed by atoms with van der Waals surface area (Å²) in [7, 11) is 0. The Kier molecular flexibility index (Phi) is 5.55. The Morgan fingerprint density at radius 1 is 1.10 bits per heavy atom. The molecule has 2 aromatic carbocycles. The number of para-hydroxylation sites is 3. The second-order valence-electron chi connectivity index (χ2n) is 7.79. The summed E-state index contributed by atoms with van der Waals surface area (Å²) in [6.45, 7) is 3.78. The Balaban J connectivity index is 1.06. The van der Waals surface area contributed by atoms with Gasteiger partial charge in [-0.25, -0.2) is 4.98 Å². The topological polar surface area (TPSA) is 63.7 Å². The van der Waals surface area contributed by atoms with Crippen LogP contribution in [0.15, 0.2) is 48.5 Å². The normalized spacial score (nSPS) is 19.7. The van der Waals surface area contributed by atoms with Gasteiger partial charge in [-0.1, -0.05) is 24.3 Å². The number of fused-ring (bicyclic) bond motifs is 2. The lowest BCUT2D eigenvalue weighted by molar-refractivity contribution is -0.130. The molecule has 1 saturated heterocycles. The van der Waals surface area contributed by atoms with Crippen LogP contribution >= 0.6 is 11.3 Å². The van der Waals surface area contributed by atoms with Gasteiger partial charge in [-0.3, -0.25) is 4.79 Å². The Morgan fingerprint density at radius 3 is 2.70 bits per heavy atom. The highest BCUT2D eigenvalue weighted by Crippen LogP contribution is 2.34. The van der Waals surface area contributed by atoms with E-state index in [4.69, 9.17) is 14.5 Å². The number of hydrogen-bond donors (Lipinski definition) is 1. The fraction of sp³-hybridized carbons (Fsp3) is 0.391. The molecule has 3 aromatic rings. The predicted octanol–water partition coefficient (Wildman–Crippen LogP) is 3.43. The largest absolute Gasteiger partial charge is 0.485 e. The first kappa shape index (κ1) is 19.3. The van der Waals surface area contributed by atoms with Crippen molar-refractivity contribution < 1.29 is 14.3 Å². The van der Waals surface area contributed by atoms with Gasteiger partial charge in [0.15, 0.2) is 11.5 Å². The van der Waals surface area contributed by atoms with E-state index in [2.05, 4.69) is 28.4 Å². The number of nitrogens with one attached hydrogen (secondary N) is 1. The van der Waals surface area contributed by atoms with Gasteiger partial charge in [0.2, 0.25) is 6.10 Å². The zero-order valence-corrected chi connectivity index (χ0v) is 17.6. The summed E-state index contributed by atoms with van der Waals surface area (Å²) in [5, 5.41) is 4.26. The molecule has 30 heavy (non-hydrogen) atoms. The van der Waals surface area contributed by atoms with E-state index in [0.717, 1.165) is 38.0 Å².